The Morgan fingerprint density at radius 2 is 1.88 bits per heavy atom. The number of ether oxygens (including phenoxy) is 2. The average molecular weight is 628 g/mol. The molecule has 1 fully saturated rings. The highest BCUT2D eigenvalue weighted by atomic mass is 79.9. The van der Waals surface area contributed by atoms with Crippen molar-refractivity contribution in [3.63, 3.8) is 0 Å². The number of benzene rings is 1. The average Bonchev–Trinajstić information content (AvgIpc) is 3.71. The van der Waals surface area contributed by atoms with Gasteiger partial charge >= 0.3 is 5.97 Å². The zero-order valence-corrected chi connectivity index (χ0v) is 25.7. The fraction of sp³-hybridized carbons (Fsp3) is 0.516. The molecular formula is C31H39BrN4O5. The first-order valence-electron chi connectivity index (χ1n) is 14.0. The number of carbonyl (C=O) groups is 2. The molecule has 4 rings (SSSR count). The van der Waals surface area contributed by atoms with Crippen LogP contribution in [-0.2, 0) is 16.8 Å². The lowest BCUT2D eigenvalue weighted by molar-refractivity contribution is -0.137. The molecule has 2 aliphatic rings. The monoisotopic (exact) mass is 626 g/mol. The van der Waals surface area contributed by atoms with Crippen molar-refractivity contribution in [2.45, 2.75) is 83.6 Å². The third kappa shape index (κ3) is 8.29. The van der Waals surface area contributed by atoms with Crippen LogP contribution in [-0.4, -0.2) is 52.3 Å². The molecule has 0 bridgehead atoms. The van der Waals surface area contributed by atoms with Gasteiger partial charge in [0.25, 0.3) is 0 Å². The predicted molar refractivity (Wildman–Crippen MR) is 161 cm³/mol. The van der Waals surface area contributed by atoms with Crippen LogP contribution in [0, 0.1) is 16.7 Å². The van der Waals surface area contributed by atoms with Crippen LogP contribution in [0.15, 0.2) is 24.3 Å². The lowest BCUT2D eigenvalue weighted by Crippen LogP contribution is -2.30. The number of halogens is 1. The van der Waals surface area contributed by atoms with E-state index in [0.717, 1.165) is 29.7 Å². The van der Waals surface area contributed by atoms with E-state index < -0.39 is 5.97 Å². The van der Waals surface area contributed by atoms with Gasteiger partial charge in [-0.05, 0) is 55.7 Å². The van der Waals surface area contributed by atoms with Crippen LogP contribution in [0.3, 0.4) is 0 Å². The lowest BCUT2D eigenvalue weighted by atomic mass is 9.84. The van der Waals surface area contributed by atoms with Gasteiger partial charge in [-0.1, -0.05) is 26.8 Å². The van der Waals surface area contributed by atoms with E-state index in [0.29, 0.717) is 74.1 Å². The number of Topliss-reactive ketones (excluding diaryl/α,β-unsaturated/α-hetero) is 1. The van der Waals surface area contributed by atoms with Crippen LogP contribution in [0.2, 0.25) is 0 Å². The van der Waals surface area contributed by atoms with E-state index in [-0.39, 0.29) is 47.0 Å². The first-order valence-corrected chi connectivity index (χ1v) is 14.0. The van der Waals surface area contributed by atoms with Crippen LogP contribution in [0.25, 0.3) is 0 Å². The molecule has 0 spiro atoms. The molecule has 220 valence electrons. The van der Waals surface area contributed by atoms with Gasteiger partial charge in [0.2, 0.25) is 0 Å². The summed E-state index contributed by atoms with van der Waals surface area (Å²) in [5.74, 6) is 0.760. The standard InChI is InChI=1S/C31H38N4O5.BrH/c1-31(2,3)23-16-22(17-26(39-14-7-5-13-32)29(23)40-15-6-4-8-27(37)38)25(36)19-35-18-21-11-12-24(20-9-10-20)34-28(21)30(35)33;/h11-12,16-17,20,33H,4-10,14-15,18-19H2,1-3H3,(H,37,38);1H. The number of amidine groups is 1. The van der Waals surface area contributed by atoms with E-state index in [2.05, 4.69) is 6.07 Å². The van der Waals surface area contributed by atoms with Crippen LogP contribution >= 0.6 is 17.0 Å². The van der Waals surface area contributed by atoms with Crippen molar-refractivity contribution in [1.82, 2.24) is 9.88 Å². The number of unbranched alkanes of at least 4 members (excludes halogenated alkanes) is 2. The number of carboxylic acid groups (broad SMARTS) is 1. The Morgan fingerprint density at radius 1 is 1.15 bits per heavy atom. The Labute approximate surface area is 252 Å². The Bertz CT molecular complexity index is 1330. The van der Waals surface area contributed by atoms with Crippen LogP contribution in [0.1, 0.15) is 105 Å². The lowest BCUT2D eigenvalue weighted by Gasteiger charge is -2.26. The first kappa shape index (κ1) is 32.1. The van der Waals surface area contributed by atoms with Gasteiger partial charge in [-0.3, -0.25) is 15.0 Å². The zero-order chi connectivity index (χ0) is 28.9. The number of aromatic nitrogens is 1. The SMILES string of the molecule is Br.CC(C)(C)c1cc(C(=O)CN2Cc3ccc(C4CC4)nc3C2=N)cc(OCCCC#N)c1OCCCCC(=O)O. The molecule has 1 aliphatic carbocycles. The number of carboxylic acids is 1. The summed E-state index contributed by atoms with van der Waals surface area (Å²) in [4.78, 5) is 31.0. The minimum atomic E-state index is -0.840. The second-order valence-electron chi connectivity index (χ2n) is 11.6. The Morgan fingerprint density at radius 3 is 2.54 bits per heavy atom. The van der Waals surface area contributed by atoms with Gasteiger partial charge in [0.1, 0.15) is 11.5 Å². The Balaban J connectivity index is 0.00000462. The number of fused-ring (bicyclic) bond motifs is 1. The number of ketones is 1. The van der Waals surface area contributed by atoms with E-state index in [4.69, 9.17) is 30.2 Å². The molecule has 10 heteroatoms. The highest BCUT2D eigenvalue weighted by Crippen LogP contribution is 2.41. The maximum absolute atomic E-state index is 13.6. The molecule has 1 aliphatic heterocycles. The normalized spacial score (nSPS) is 14.2. The third-order valence-corrected chi connectivity index (χ3v) is 7.14. The minimum Gasteiger partial charge on any atom is -0.490 e. The summed E-state index contributed by atoms with van der Waals surface area (Å²) in [6.45, 7) is 7.22. The van der Waals surface area contributed by atoms with Crippen molar-refractivity contribution in [2.75, 3.05) is 19.8 Å². The number of carbonyl (C=O) groups excluding carboxylic acids is 1. The summed E-state index contributed by atoms with van der Waals surface area (Å²) < 4.78 is 12.2. The van der Waals surface area contributed by atoms with E-state index >= 15 is 0 Å². The number of rotatable bonds is 14. The number of hydrogen-bond donors (Lipinski definition) is 2. The zero-order valence-electron chi connectivity index (χ0n) is 24.0. The van der Waals surface area contributed by atoms with E-state index in [1.54, 1.807) is 11.0 Å². The van der Waals surface area contributed by atoms with Gasteiger partial charge < -0.3 is 19.5 Å². The number of pyridine rings is 1. The van der Waals surface area contributed by atoms with Crippen LogP contribution in [0.4, 0.5) is 0 Å². The summed E-state index contributed by atoms with van der Waals surface area (Å²) in [5.41, 5.74) is 3.56. The summed E-state index contributed by atoms with van der Waals surface area (Å²) >= 11 is 0. The van der Waals surface area contributed by atoms with Crippen molar-refractivity contribution in [3.8, 4) is 17.6 Å². The molecule has 2 N–H and O–H groups in total. The van der Waals surface area contributed by atoms with Crippen LogP contribution in [0.5, 0.6) is 11.5 Å². The maximum atomic E-state index is 13.6. The topological polar surface area (TPSA) is 137 Å². The van der Waals surface area contributed by atoms with E-state index in [9.17, 15) is 9.59 Å². The fourth-order valence-corrected chi connectivity index (χ4v) is 4.74. The second kappa shape index (κ2) is 13.9. The van der Waals surface area contributed by atoms with Gasteiger partial charge in [-0.15, -0.1) is 17.0 Å². The maximum Gasteiger partial charge on any atom is 0.303 e. The van der Waals surface area contributed by atoms with Gasteiger partial charge in [0.05, 0.1) is 25.8 Å². The third-order valence-electron chi connectivity index (χ3n) is 7.14. The molecule has 2 aromatic rings. The molecule has 1 aromatic heterocycles. The van der Waals surface area contributed by atoms with Crippen molar-refractivity contribution < 1.29 is 24.2 Å². The van der Waals surface area contributed by atoms with Crippen LogP contribution < -0.4 is 9.47 Å². The molecule has 41 heavy (non-hydrogen) atoms. The summed E-state index contributed by atoms with van der Waals surface area (Å²) in [6, 6.07) is 9.71. The fourth-order valence-electron chi connectivity index (χ4n) is 4.74. The predicted octanol–water partition coefficient (Wildman–Crippen LogP) is 6.17. The molecule has 1 aromatic carbocycles. The smallest absolute Gasteiger partial charge is 0.303 e. The van der Waals surface area contributed by atoms with Crippen molar-refractivity contribution in [1.29, 1.82) is 10.7 Å². The minimum absolute atomic E-state index is 0. The number of nitrogens with one attached hydrogen (secondary N) is 1. The van der Waals surface area contributed by atoms with E-state index in [1.165, 1.54) is 0 Å². The molecule has 0 radical (unpaired) electrons. The summed E-state index contributed by atoms with van der Waals surface area (Å²) in [7, 11) is 0. The number of nitriles is 1. The first-order chi connectivity index (χ1) is 19.1. The molecule has 2 heterocycles. The molecular weight excluding hydrogens is 588 g/mol. The second-order valence-corrected chi connectivity index (χ2v) is 11.6. The highest BCUT2D eigenvalue weighted by molar-refractivity contribution is 8.93. The Kier molecular flexibility index (Phi) is 10.9. The molecule has 0 saturated heterocycles. The van der Waals surface area contributed by atoms with E-state index in [1.807, 2.05) is 39.0 Å². The Hall–Kier alpha value is -3.45. The molecule has 0 unspecified atom stereocenters. The number of nitrogens with zero attached hydrogens (tertiary/aromatic N) is 3. The van der Waals surface area contributed by atoms with Gasteiger partial charge in [-0.2, -0.15) is 5.26 Å². The largest absolute Gasteiger partial charge is 0.490 e. The quantitative estimate of drug-likeness (QED) is 0.187. The highest BCUT2D eigenvalue weighted by Gasteiger charge is 2.32. The number of hydrogen-bond acceptors (Lipinski definition) is 7. The van der Waals surface area contributed by atoms with Gasteiger partial charge in [0.15, 0.2) is 17.3 Å². The van der Waals surface area contributed by atoms with Crippen molar-refractivity contribution in [3.05, 3.63) is 52.3 Å². The van der Waals surface area contributed by atoms with Crippen molar-refractivity contribution >= 4 is 34.6 Å². The van der Waals surface area contributed by atoms with Gasteiger partial charge in [0, 0.05) is 47.7 Å². The van der Waals surface area contributed by atoms with Gasteiger partial charge in [-0.25, -0.2) is 4.98 Å². The van der Waals surface area contributed by atoms with Crippen molar-refractivity contribution in [2.24, 2.45) is 0 Å². The molecule has 9 nitrogen and oxygen atoms in total. The summed E-state index contributed by atoms with van der Waals surface area (Å²) in [6.07, 6.45) is 4.31. The number of aliphatic carboxylic acids is 1. The summed E-state index contributed by atoms with van der Waals surface area (Å²) in [5, 5.41) is 26.5. The molecule has 0 amide bonds. The molecule has 1 saturated carbocycles. The molecule has 0 atom stereocenters.